The maximum absolute atomic E-state index is 5.95. The van der Waals surface area contributed by atoms with Crippen molar-refractivity contribution in [1.29, 1.82) is 0 Å². The Kier molecular flexibility index (Phi) is 5.64. The van der Waals surface area contributed by atoms with Crippen LogP contribution in [0.3, 0.4) is 0 Å². The molecule has 2 heterocycles. The number of nitrogens with zero attached hydrogens (tertiary/aromatic N) is 2. The molecule has 112 valence electrons. The van der Waals surface area contributed by atoms with Gasteiger partial charge in [0.1, 0.15) is 0 Å². The zero-order valence-corrected chi connectivity index (χ0v) is 14.7. The fourth-order valence-electron chi connectivity index (χ4n) is 2.31. The number of aliphatic imine (C=N–C) groups is 1. The van der Waals surface area contributed by atoms with Crippen LogP contribution < -0.4 is 5.32 Å². The summed E-state index contributed by atoms with van der Waals surface area (Å²) in [5.41, 5.74) is 0. The first-order valence-corrected chi connectivity index (χ1v) is 9.02. The van der Waals surface area contributed by atoms with Crippen molar-refractivity contribution in [1.82, 2.24) is 10.2 Å². The Bertz CT molecular complexity index is 471. The fraction of sp³-hybridized carbons (Fsp3) is 0.643. The first-order chi connectivity index (χ1) is 9.50. The van der Waals surface area contributed by atoms with E-state index in [1.165, 1.54) is 4.88 Å². The standard InChI is InChI=1S/C14H22ClN3S2/c1-14(2)10-18(8-9-19-14)13(16-3)17-7-6-11-4-5-12(15)20-11/h4-5H,6-10H2,1-3H3,(H,16,17). The lowest BCUT2D eigenvalue weighted by Crippen LogP contribution is -2.51. The normalized spacial score (nSPS) is 19.2. The van der Waals surface area contributed by atoms with Crippen molar-refractivity contribution in [2.24, 2.45) is 4.99 Å². The summed E-state index contributed by atoms with van der Waals surface area (Å²) in [6, 6.07) is 4.05. The highest BCUT2D eigenvalue weighted by atomic mass is 35.5. The van der Waals surface area contributed by atoms with Crippen molar-refractivity contribution in [2.45, 2.75) is 25.0 Å². The van der Waals surface area contributed by atoms with Crippen molar-refractivity contribution in [3.63, 3.8) is 0 Å². The van der Waals surface area contributed by atoms with Crippen molar-refractivity contribution < 1.29 is 0 Å². The number of hydrogen-bond acceptors (Lipinski definition) is 3. The maximum Gasteiger partial charge on any atom is 0.193 e. The van der Waals surface area contributed by atoms with E-state index in [1.54, 1.807) is 11.3 Å². The highest BCUT2D eigenvalue weighted by Crippen LogP contribution is 2.29. The van der Waals surface area contributed by atoms with Gasteiger partial charge < -0.3 is 10.2 Å². The largest absolute Gasteiger partial charge is 0.356 e. The Hall–Kier alpha value is -0.390. The smallest absolute Gasteiger partial charge is 0.193 e. The molecule has 3 nitrogen and oxygen atoms in total. The molecule has 0 saturated carbocycles. The van der Waals surface area contributed by atoms with Crippen LogP contribution in [0.2, 0.25) is 4.34 Å². The first kappa shape index (κ1) is 16.0. The molecule has 1 aromatic heterocycles. The zero-order valence-electron chi connectivity index (χ0n) is 12.3. The van der Waals surface area contributed by atoms with Gasteiger partial charge in [0.25, 0.3) is 0 Å². The van der Waals surface area contributed by atoms with Gasteiger partial charge in [0.05, 0.1) is 4.34 Å². The zero-order chi connectivity index (χ0) is 14.6. The molecule has 0 spiro atoms. The molecule has 0 aromatic carbocycles. The summed E-state index contributed by atoms with van der Waals surface area (Å²) in [6.45, 7) is 7.60. The molecule has 1 saturated heterocycles. The third kappa shape index (κ3) is 4.57. The van der Waals surface area contributed by atoms with Gasteiger partial charge in [-0.05, 0) is 32.4 Å². The van der Waals surface area contributed by atoms with Crippen molar-refractivity contribution in [2.75, 3.05) is 32.4 Å². The topological polar surface area (TPSA) is 27.6 Å². The second kappa shape index (κ2) is 7.05. The predicted molar refractivity (Wildman–Crippen MR) is 92.5 cm³/mol. The number of thioether (sulfide) groups is 1. The fourth-order valence-corrected chi connectivity index (χ4v) is 4.51. The number of rotatable bonds is 3. The number of halogens is 1. The van der Waals surface area contributed by atoms with Gasteiger partial charge >= 0.3 is 0 Å². The Balaban J connectivity index is 1.83. The minimum atomic E-state index is 0.303. The SMILES string of the molecule is CN=C(NCCc1ccc(Cl)s1)N1CCSC(C)(C)C1. The van der Waals surface area contributed by atoms with Crippen LogP contribution in [0.4, 0.5) is 0 Å². The van der Waals surface area contributed by atoms with E-state index in [9.17, 15) is 0 Å². The molecule has 0 aliphatic carbocycles. The van der Waals surface area contributed by atoms with Crippen LogP contribution in [0.1, 0.15) is 18.7 Å². The lowest BCUT2D eigenvalue weighted by Gasteiger charge is -2.39. The third-order valence-electron chi connectivity index (χ3n) is 3.22. The van der Waals surface area contributed by atoms with Crippen LogP contribution in [-0.4, -0.2) is 48.0 Å². The summed E-state index contributed by atoms with van der Waals surface area (Å²) < 4.78 is 1.16. The summed E-state index contributed by atoms with van der Waals surface area (Å²) in [5.74, 6) is 2.18. The molecule has 0 atom stereocenters. The van der Waals surface area contributed by atoms with Crippen LogP contribution in [-0.2, 0) is 6.42 Å². The van der Waals surface area contributed by atoms with Gasteiger partial charge in [0.2, 0.25) is 0 Å². The van der Waals surface area contributed by atoms with E-state index in [0.717, 1.165) is 42.1 Å². The van der Waals surface area contributed by atoms with Crippen LogP contribution in [0.15, 0.2) is 17.1 Å². The summed E-state index contributed by atoms with van der Waals surface area (Å²) in [4.78, 5) is 8.08. The number of nitrogens with one attached hydrogen (secondary N) is 1. The molecule has 0 amide bonds. The Morgan fingerprint density at radius 2 is 2.30 bits per heavy atom. The van der Waals surface area contributed by atoms with Gasteiger partial charge in [-0.2, -0.15) is 11.8 Å². The molecule has 0 bridgehead atoms. The lowest BCUT2D eigenvalue weighted by atomic mass is 10.2. The van der Waals surface area contributed by atoms with E-state index in [1.807, 2.05) is 24.9 Å². The van der Waals surface area contributed by atoms with Gasteiger partial charge in [-0.25, -0.2) is 0 Å². The molecule has 1 aliphatic heterocycles. The third-order valence-corrected chi connectivity index (χ3v) is 5.81. The van der Waals surface area contributed by atoms with Gasteiger partial charge in [-0.3, -0.25) is 4.99 Å². The van der Waals surface area contributed by atoms with Gasteiger partial charge in [-0.1, -0.05) is 11.6 Å². The molecule has 6 heteroatoms. The van der Waals surface area contributed by atoms with Gasteiger partial charge in [0.15, 0.2) is 5.96 Å². The van der Waals surface area contributed by atoms with Gasteiger partial charge in [-0.15, -0.1) is 11.3 Å². The summed E-state index contributed by atoms with van der Waals surface area (Å²) in [6.07, 6.45) is 0.988. The molecule has 1 aliphatic rings. The van der Waals surface area contributed by atoms with Crippen LogP contribution in [0.25, 0.3) is 0 Å². The van der Waals surface area contributed by atoms with Crippen LogP contribution in [0, 0.1) is 0 Å². The molecular formula is C14H22ClN3S2. The Morgan fingerprint density at radius 1 is 1.50 bits per heavy atom. The van der Waals surface area contributed by atoms with E-state index in [4.69, 9.17) is 11.6 Å². The van der Waals surface area contributed by atoms with E-state index < -0.39 is 0 Å². The van der Waals surface area contributed by atoms with Crippen LogP contribution in [0.5, 0.6) is 0 Å². The maximum atomic E-state index is 5.95. The molecule has 1 fully saturated rings. The molecule has 20 heavy (non-hydrogen) atoms. The Morgan fingerprint density at radius 3 is 2.90 bits per heavy atom. The average molecular weight is 332 g/mol. The molecule has 1 N–H and O–H groups in total. The van der Waals surface area contributed by atoms with Crippen molar-refractivity contribution in [3.05, 3.63) is 21.3 Å². The number of guanidine groups is 1. The lowest BCUT2D eigenvalue weighted by molar-refractivity contribution is 0.376. The van der Waals surface area contributed by atoms with E-state index in [-0.39, 0.29) is 0 Å². The molecule has 0 unspecified atom stereocenters. The van der Waals surface area contributed by atoms with E-state index >= 15 is 0 Å². The van der Waals surface area contributed by atoms with Crippen molar-refractivity contribution >= 4 is 40.7 Å². The van der Waals surface area contributed by atoms with E-state index in [2.05, 4.69) is 35.1 Å². The van der Waals surface area contributed by atoms with Crippen molar-refractivity contribution in [3.8, 4) is 0 Å². The average Bonchev–Trinajstić information content (AvgIpc) is 2.79. The number of hydrogen-bond donors (Lipinski definition) is 1. The predicted octanol–water partition coefficient (Wildman–Crippen LogP) is 3.35. The highest BCUT2D eigenvalue weighted by molar-refractivity contribution is 8.00. The first-order valence-electron chi connectivity index (χ1n) is 6.84. The quantitative estimate of drug-likeness (QED) is 0.680. The summed E-state index contributed by atoms with van der Waals surface area (Å²) in [7, 11) is 1.86. The summed E-state index contributed by atoms with van der Waals surface area (Å²) >= 11 is 9.64. The molecule has 2 rings (SSSR count). The second-order valence-electron chi connectivity index (χ2n) is 5.46. The van der Waals surface area contributed by atoms with Gasteiger partial charge in [0, 0.05) is 42.1 Å². The molecular weight excluding hydrogens is 310 g/mol. The monoisotopic (exact) mass is 331 g/mol. The summed E-state index contributed by atoms with van der Waals surface area (Å²) in [5, 5.41) is 3.46. The number of thiophene rings is 1. The van der Waals surface area contributed by atoms with E-state index in [0.29, 0.717) is 4.75 Å². The second-order valence-corrected chi connectivity index (χ2v) is 9.06. The van der Waals surface area contributed by atoms with Crippen LogP contribution >= 0.6 is 34.7 Å². The Labute approximate surface area is 134 Å². The highest BCUT2D eigenvalue weighted by Gasteiger charge is 2.28. The minimum absolute atomic E-state index is 0.303. The molecule has 0 radical (unpaired) electrons. The minimum Gasteiger partial charge on any atom is -0.356 e. The molecule has 1 aromatic rings.